The molecule has 0 amide bonds. The minimum Gasteiger partial charge on any atom is -0.428 e. The molecule has 3 N–H and O–H groups in total. The van der Waals surface area contributed by atoms with Gasteiger partial charge in [-0.05, 0) is 50.7 Å². The first-order chi connectivity index (χ1) is 14.2. The molecule has 2 aromatic rings. The molecule has 0 aliphatic heterocycles. The second-order valence-electron chi connectivity index (χ2n) is 8.35. The molecule has 0 bridgehead atoms. The van der Waals surface area contributed by atoms with E-state index in [1.165, 1.54) is 24.4 Å². The summed E-state index contributed by atoms with van der Waals surface area (Å²) >= 11 is 0. The molecule has 0 spiro atoms. The van der Waals surface area contributed by atoms with Crippen molar-refractivity contribution in [1.29, 1.82) is 0 Å². The summed E-state index contributed by atoms with van der Waals surface area (Å²) in [4.78, 5) is 3.76. The molecule has 2 aliphatic rings. The highest BCUT2D eigenvalue weighted by atomic mass is 19.3. The number of halogens is 4. The molecule has 2 fully saturated rings. The lowest BCUT2D eigenvalue weighted by Gasteiger charge is -2.17. The van der Waals surface area contributed by atoms with Gasteiger partial charge in [0.05, 0.1) is 6.54 Å². The Kier molecular flexibility index (Phi) is 5.37. The van der Waals surface area contributed by atoms with E-state index >= 15 is 0 Å². The molecule has 0 aromatic carbocycles. The molecule has 164 valence electrons. The van der Waals surface area contributed by atoms with Crippen LogP contribution in [-0.4, -0.2) is 33.8 Å². The van der Waals surface area contributed by atoms with E-state index in [4.69, 9.17) is 10.5 Å². The van der Waals surface area contributed by atoms with Crippen LogP contribution in [0.4, 0.5) is 23.4 Å². The molecule has 2 heterocycles. The number of anilines is 1. The zero-order chi connectivity index (χ0) is 21.6. The molecule has 30 heavy (non-hydrogen) atoms. The summed E-state index contributed by atoms with van der Waals surface area (Å²) in [6, 6.07) is 3.90. The fourth-order valence-electron chi connectivity index (χ4n) is 4.61. The number of nitrogens with two attached hydrogens (primary N) is 1. The first-order valence-electron chi connectivity index (χ1n) is 10.1. The lowest BCUT2D eigenvalue weighted by atomic mass is 10.0. The number of nitrogens with zero attached hydrogens (tertiary/aromatic N) is 3. The topological polar surface area (TPSA) is 78.0 Å². The summed E-state index contributed by atoms with van der Waals surface area (Å²) in [5.74, 6) is 0.709. The zero-order valence-electron chi connectivity index (χ0n) is 16.7. The predicted molar refractivity (Wildman–Crippen MR) is 103 cm³/mol. The molecule has 0 radical (unpaired) electrons. The van der Waals surface area contributed by atoms with Crippen molar-refractivity contribution in [1.82, 2.24) is 20.1 Å². The summed E-state index contributed by atoms with van der Waals surface area (Å²) < 4.78 is 60.9. The Balaban J connectivity index is 1.50. The number of nitrogens with one attached hydrogen (secondary N) is 1. The van der Waals surface area contributed by atoms with E-state index in [0.29, 0.717) is 11.8 Å². The van der Waals surface area contributed by atoms with Gasteiger partial charge >= 0.3 is 6.11 Å². The highest BCUT2D eigenvalue weighted by Crippen LogP contribution is 2.63. The lowest BCUT2D eigenvalue weighted by Crippen LogP contribution is -2.32. The number of pyridine rings is 1. The zero-order valence-corrected chi connectivity index (χ0v) is 16.7. The van der Waals surface area contributed by atoms with Crippen LogP contribution < -0.4 is 15.8 Å². The number of aromatic nitrogens is 3. The van der Waals surface area contributed by atoms with Crippen LogP contribution in [0.1, 0.15) is 50.0 Å². The highest BCUT2D eigenvalue weighted by Gasteiger charge is 2.58. The molecule has 2 unspecified atom stereocenters. The second-order valence-corrected chi connectivity index (χ2v) is 8.35. The number of rotatable bonds is 8. The first kappa shape index (κ1) is 20.9. The Morgan fingerprint density at radius 2 is 1.97 bits per heavy atom. The van der Waals surface area contributed by atoms with Crippen LogP contribution in [0.15, 0.2) is 24.4 Å². The van der Waals surface area contributed by atoms with Gasteiger partial charge in [-0.15, -0.1) is 0 Å². The van der Waals surface area contributed by atoms with Gasteiger partial charge in [0.1, 0.15) is 11.6 Å². The van der Waals surface area contributed by atoms with Gasteiger partial charge < -0.3 is 15.8 Å². The third-order valence-corrected chi connectivity index (χ3v) is 5.90. The average Bonchev–Trinajstić information content (AvgIpc) is 3.02. The molecule has 0 saturated heterocycles. The molecule has 10 heteroatoms. The normalized spacial score (nSPS) is 25.7. The van der Waals surface area contributed by atoms with Gasteiger partial charge in [-0.25, -0.2) is 13.8 Å². The van der Waals surface area contributed by atoms with Gasteiger partial charge in [0.2, 0.25) is 0 Å². The quantitative estimate of drug-likeness (QED) is 0.625. The van der Waals surface area contributed by atoms with Crippen LogP contribution in [0, 0.1) is 11.8 Å². The minimum absolute atomic E-state index is 0.0575. The van der Waals surface area contributed by atoms with E-state index in [0.717, 1.165) is 18.5 Å². The molecule has 2 saturated carbocycles. The summed E-state index contributed by atoms with van der Waals surface area (Å²) in [6.07, 6.45) is -3.18. The largest absolute Gasteiger partial charge is 0.446 e. The summed E-state index contributed by atoms with van der Waals surface area (Å²) in [5.41, 5.74) is 5.82. The fourth-order valence-corrected chi connectivity index (χ4v) is 4.61. The number of hydrogen-bond donors (Lipinski definition) is 2. The van der Waals surface area contributed by atoms with E-state index in [2.05, 4.69) is 15.4 Å². The molecule has 2 atom stereocenters. The molecule has 6 nitrogen and oxygen atoms in total. The maximum Gasteiger partial charge on any atom is 0.446 e. The van der Waals surface area contributed by atoms with Gasteiger partial charge in [-0.3, -0.25) is 4.68 Å². The molecule has 2 aromatic heterocycles. The predicted octanol–water partition coefficient (Wildman–Crippen LogP) is 3.92. The molecular formula is C20H25F4N5O. The number of ether oxygens (including phenoxy) is 1. The number of hydrogen-bond acceptors (Lipinski definition) is 5. The third kappa shape index (κ3) is 4.10. The monoisotopic (exact) mass is 427 g/mol. The van der Waals surface area contributed by atoms with Crippen molar-refractivity contribution in [3.63, 3.8) is 0 Å². The Labute approximate surface area is 171 Å². The lowest BCUT2D eigenvalue weighted by molar-refractivity contribution is -0.188. The van der Waals surface area contributed by atoms with Crippen molar-refractivity contribution in [2.75, 3.05) is 12.3 Å². The van der Waals surface area contributed by atoms with Gasteiger partial charge in [-0.2, -0.15) is 13.9 Å². The first-order valence-corrected chi connectivity index (χ1v) is 10.1. The summed E-state index contributed by atoms with van der Waals surface area (Å²) in [6.45, 7) is 3.45. The van der Waals surface area contributed by atoms with Crippen LogP contribution in [0.5, 0.6) is 5.75 Å². The van der Waals surface area contributed by atoms with Crippen molar-refractivity contribution >= 4 is 5.82 Å². The number of alkyl halides is 4. The maximum absolute atomic E-state index is 14.8. The Bertz CT molecular complexity index is 891. The van der Waals surface area contributed by atoms with Crippen LogP contribution in [0.25, 0.3) is 0 Å². The Morgan fingerprint density at radius 3 is 2.57 bits per heavy atom. The van der Waals surface area contributed by atoms with Crippen LogP contribution in [-0.2, 0) is 6.11 Å². The van der Waals surface area contributed by atoms with Crippen molar-refractivity contribution in [3.8, 4) is 5.75 Å². The van der Waals surface area contributed by atoms with E-state index < -0.39 is 18.2 Å². The SMILES string of the molecule is CC(C)n1nc(C(F)(F)Oc2ccnc(N)c2)cc1C1C2CC(NCC(F)F)CC21. The molecule has 4 rings (SSSR count). The third-order valence-electron chi connectivity index (χ3n) is 5.90. The van der Waals surface area contributed by atoms with Crippen LogP contribution in [0.2, 0.25) is 0 Å². The standard InChI is InChI=1S/C20H25F4N5O/c1-10(2)29-15(19-13-5-11(6-14(13)19)27-9-17(21)22)8-16(28-29)20(23,24)30-12-3-4-26-18(25)7-12/h3-4,7-8,10-11,13-14,17,19,27H,5-6,9H2,1-2H3,(H2,25,26). The summed E-state index contributed by atoms with van der Waals surface area (Å²) in [7, 11) is 0. The summed E-state index contributed by atoms with van der Waals surface area (Å²) in [5, 5.41) is 7.03. The van der Waals surface area contributed by atoms with Crippen molar-refractivity contribution in [2.24, 2.45) is 11.8 Å². The van der Waals surface area contributed by atoms with Crippen molar-refractivity contribution in [3.05, 3.63) is 35.8 Å². The van der Waals surface area contributed by atoms with E-state index in [-0.39, 0.29) is 36.1 Å². The maximum atomic E-state index is 14.8. The second kappa shape index (κ2) is 7.72. The van der Waals surface area contributed by atoms with Gasteiger partial charge in [-0.1, -0.05) is 0 Å². The number of fused-ring (bicyclic) bond motifs is 1. The van der Waals surface area contributed by atoms with Gasteiger partial charge in [0, 0.05) is 36.0 Å². The Morgan fingerprint density at radius 1 is 1.27 bits per heavy atom. The Hall–Kier alpha value is -2.36. The smallest absolute Gasteiger partial charge is 0.428 e. The van der Waals surface area contributed by atoms with Crippen molar-refractivity contribution in [2.45, 2.75) is 57.2 Å². The molecular weight excluding hydrogens is 402 g/mol. The average molecular weight is 427 g/mol. The van der Waals surface area contributed by atoms with Gasteiger partial charge in [0.25, 0.3) is 6.43 Å². The molecule has 2 aliphatic carbocycles. The van der Waals surface area contributed by atoms with Gasteiger partial charge in [0.15, 0.2) is 5.69 Å². The van der Waals surface area contributed by atoms with E-state index in [1.807, 2.05) is 13.8 Å². The van der Waals surface area contributed by atoms with E-state index in [9.17, 15) is 17.6 Å². The van der Waals surface area contributed by atoms with Crippen LogP contribution >= 0.6 is 0 Å². The van der Waals surface area contributed by atoms with E-state index in [1.54, 1.807) is 4.68 Å². The van der Waals surface area contributed by atoms with Crippen LogP contribution in [0.3, 0.4) is 0 Å². The highest BCUT2D eigenvalue weighted by molar-refractivity contribution is 5.36. The fraction of sp³-hybridized carbons (Fsp3) is 0.600. The number of nitrogen functional groups attached to an aromatic ring is 1. The van der Waals surface area contributed by atoms with Crippen molar-refractivity contribution < 1.29 is 22.3 Å². The minimum atomic E-state index is -3.63.